The van der Waals surface area contributed by atoms with E-state index in [1.807, 2.05) is 52.0 Å². The third kappa shape index (κ3) is 17.1. The number of aliphatic hydroxyl groups excluding tert-OH is 2. The number of hydrogen-bond acceptors (Lipinski definition) is 10. The second kappa shape index (κ2) is 26.3. The zero-order valence-corrected chi connectivity index (χ0v) is 40.7. The SMILES string of the molecule is CO[C@H]1C[C@@H](C)CC[C@@H](C)[C@](C)(O)CC(=O)N2CCCCC2C(=O)O[C@H]([C@H](C)CC2CCC(O)CC2)CC(=O)[C@H](C)/C=C(\C)[C@@H](O)[C@@H](OC)C(=O)[C@H](C)C[C@H](C)/C=C/C=C/C=C1C. The minimum Gasteiger partial charge on any atom is -0.460 e. The Hall–Kier alpha value is -2.96. The van der Waals surface area contributed by atoms with Crippen molar-refractivity contribution in [1.29, 1.82) is 0 Å². The lowest BCUT2D eigenvalue weighted by Gasteiger charge is -2.38. The molecule has 0 bridgehead atoms. The molecule has 12 atom stereocenters. The average molecular weight is 884 g/mol. The number of Topliss-reactive ketones (excluding diaryl/α,β-unsaturated/α-hetero) is 2. The summed E-state index contributed by atoms with van der Waals surface area (Å²) in [6, 6.07) is -0.826. The van der Waals surface area contributed by atoms with Gasteiger partial charge < -0.3 is 34.4 Å². The number of carbonyl (C=O) groups is 4. The number of esters is 1. The van der Waals surface area contributed by atoms with Crippen LogP contribution in [0.25, 0.3) is 0 Å². The molecule has 0 aromatic carbocycles. The summed E-state index contributed by atoms with van der Waals surface area (Å²) in [5.74, 6) is -1.95. The molecule has 1 aliphatic carbocycles. The first-order chi connectivity index (χ1) is 29.7. The number of amides is 1. The van der Waals surface area contributed by atoms with Crippen molar-refractivity contribution >= 4 is 23.4 Å². The summed E-state index contributed by atoms with van der Waals surface area (Å²) in [6.45, 7) is 17.6. The number of carbonyl (C=O) groups excluding carboxylic acids is 4. The highest BCUT2D eigenvalue weighted by atomic mass is 16.5. The highest BCUT2D eigenvalue weighted by Gasteiger charge is 2.40. The van der Waals surface area contributed by atoms with Crippen LogP contribution < -0.4 is 0 Å². The van der Waals surface area contributed by atoms with Crippen LogP contribution in [0.2, 0.25) is 0 Å². The van der Waals surface area contributed by atoms with Gasteiger partial charge in [-0.05, 0) is 132 Å². The van der Waals surface area contributed by atoms with Gasteiger partial charge in [0.1, 0.15) is 30.1 Å². The maximum atomic E-state index is 14.2. The molecule has 2 fully saturated rings. The van der Waals surface area contributed by atoms with Crippen molar-refractivity contribution in [2.24, 2.45) is 41.4 Å². The van der Waals surface area contributed by atoms with Gasteiger partial charge in [0.05, 0.1) is 24.2 Å². The normalized spacial score (nSPS) is 38.8. The zero-order valence-electron chi connectivity index (χ0n) is 40.7. The van der Waals surface area contributed by atoms with Gasteiger partial charge in [-0.3, -0.25) is 14.4 Å². The van der Waals surface area contributed by atoms with Crippen LogP contribution >= 0.6 is 0 Å². The quantitative estimate of drug-likeness (QED) is 0.180. The minimum absolute atomic E-state index is 0.0559. The lowest BCUT2D eigenvalue weighted by molar-refractivity contribution is -0.166. The zero-order chi connectivity index (χ0) is 47.0. The molecule has 1 amide bonds. The van der Waals surface area contributed by atoms with Crippen LogP contribution in [0, 0.1) is 41.4 Å². The van der Waals surface area contributed by atoms with E-state index in [4.69, 9.17) is 14.2 Å². The van der Waals surface area contributed by atoms with Gasteiger partial charge in [0, 0.05) is 39.0 Å². The summed E-state index contributed by atoms with van der Waals surface area (Å²) >= 11 is 0. The van der Waals surface area contributed by atoms with Crippen molar-refractivity contribution in [2.75, 3.05) is 20.8 Å². The van der Waals surface area contributed by atoms with Crippen LogP contribution in [-0.2, 0) is 33.4 Å². The Morgan fingerprint density at radius 3 is 2.19 bits per heavy atom. The van der Waals surface area contributed by atoms with Gasteiger partial charge in [-0.25, -0.2) is 4.79 Å². The van der Waals surface area contributed by atoms with Gasteiger partial charge in [-0.15, -0.1) is 0 Å². The van der Waals surface area contributed by atoms with E-state index in [1.165, 1.54) is 7.11 Å². The number of hydrogen-bond donors (Lipinski definition) is 3. The number of ketones is 2. The lowest BCUT2D eigenvalue weighted by atomic mass is 9.79. The van der Waals surface area contributed by atoms with Crippen molar-refractivity contribution in [3.05, 3.63) is 47.6 Å². The summed E-state index contributed by atoms with van der Waals surface area (Å²) in [6.07, 6.45) is 16.7. The molecule has 0 radical (unpaired) electrons. The van der Waals surface area contributed by atoms with Crippen LogP contribution in [0.1, 0.15) is 152 Å². The highest BCUT2D eigenvalue weighted by molar-refractivity contribution is 5.87. The molecular weight excluding hydrogens is 799 g/mol. The summed E-state index contributed by atoms with van der Waals surface area (Å²) in [5, 5.41) is 33.3. The first kappa shape index (κ1) is 54.4. The van der Waals surface area contributed by atoms with E-state index in [0.29, 0.717) is 56.1 Å². The van der Waals surface area contributed by atoms with Crippen LogP contribution in [0.3, 0.4) is 0 Å². The Balaban J connectivity index is 1.95. The van der Waals surface area contributed by atoms with Gasteiger partial charge in [0.25, 0.3) is 0 Å². The van der Waals surface area contributed by atoms with Crippen LogP contribution in [0.15, 0.2) is 47.6 Å². The van der Waals surface area contributed by atoms with E-state index in [-0.39, 0.29) is 60.3 Å². The summed E-state index contributed by atoms with van der Waals surface area (Å²) in [4.78, 5) is 57.6. The third-order valence-electron chi connectivity index (χ3n) is 14.5. The first-order valence-corrected chi connectivity index (χ1v) is 24.1. The van der Waals surface area contributed by atoms with Gasteiger partial charge >= 0.3 is 5.97 Å². The van der Waals surface area contributed by atoms with Crippen molar-refractivity contribution in [3.8, 4) is 0 Å². The standard InChI is InChI=1S/C52H85NO10/c1-33-17-13-12-14-18-35(3)45(61-10)28-34(2)20-21-40(8)52(9,60)32-47(56)53-26-16-15-19-43(53)51(59)63-46(37(5)30-41-22-24-42(54)25-23-41)31-44(55)36(4)29-39(7)49(58)50(62-11)48(57)38(6)27-33/h12-14,17-18,29,33-34,36-38,40-43,45-46,49-50,54,58,60H,15-16,19-28,30-32H2,1-11H3/b14-12+,17-13+,35-18?,39-29+/t33-,34+,36-,37-,38-,40-,41?,42?,43?,45+,46+,49-,50+,52-/m1/s1. The lowest BCUT2D eigenvalue weighted by Crippen LogP contribution is -2.52. The van der Waals surface area contributed by atoms with E-state index < -0.39 is 47.8 Å². The number of aliphatic hydroxyl groups is 3. The molecule has 11 nitrogen and oxygen atoms in total. The van der Waals surface area contributed by atoms with Crippen molar-refractivity contribution < 1.29 is 48.7 Å². The second-order valence-corrected chi connectivity index (χ2v) is 20.2. The maximum Gasteiger partial charge on any atom is 0.329 e. The molecule has 63 heavy (non-hydrogen) atoms. The predicted molar refractivity (Wildman–Crippen MR) is 249 cm³/mol. The molecular formula is C52H85NO10. The summed E-state index contributed by atoms with van der Waals surface area (Å²) in [5.41, 5.74) is 0.235. The molecule has 0 aromatic heterocycles. The van der Waals surface area contributed by atoms with Crippen LogP contribution in [0.5, 0.6) is 0 Å². The Kier molecular flexibility index (Phi) is 22.7. The Morgan fingerprint density at radius 2 is 1.54 bits per heavy atom. The Labute approximate surface area is 380 Å². The number of fused-ring (bicyclic) bond motifs is 1. The van der Waals surface area contributed by atoms with Crippen LogP contribution in [0.4, 0.5) is 0 Å². The minimum atomic E-state index is -1.30. The number of methoxy groups -OCH3 is 2. The molecule has 3 aliphatic rings. The molecule has 3 rings (SSSR count). The van der Waals surface area contributed by atoms with E-state index in [9.17, 15) is 34.5 Å². The number of piperidine rings is 1. The largest absolute Gasteiger partial charge is 0.460 e. The predicted octanol–water partition coefficient (Wildman–Crippen LogP) is 8.68. The number of allylic oxidation sites excluding steroid dienone is 6. The molecule has 3 N–H and O–H groups in total. The smallest absolute Gasteiger partial charge is 0.329 e. The number of cyclic esters (lactones) is 1. The Bertz CT molecular complexity index is 1590. The summed E-state index contributed by atoms with van der Waals surface area (Å²) in [7, 11) is 3.12. The van der Waals surface area contributed by atoms with Gasteiger partial charge in [0.15, 0.2) is 5.78 Å². The first-order valence-electron chi connectivity index (χ1n) is 24.1. The fourth-order valence-corrected chi connectivity index (χ4v) is 9.77. The topological polar surface area (TPSA) is 160 Å². The number of ether oxygens (including phenoxy) is 3. The fourth-order valence-electron chi connectivity index (χ4n) is 9.77. The highest BCUT2D eigenvalue weighted by Crippen LogP contribution is 2.34. The molecule has 11 heteroatoms. The fraction of sp³-hybridized carbons (Fsp3) is 0.769. The molecule has 358 valence electrons. The van der Waals surface area contributed by atoms with Crippen molar-refractivity contribution in [3.63, 3.8) is 0 Å². The number of rotatable bonds is 5. The number of nitrogens with zero attached hydrogens (tertiary/aromatic N) is 1. The average Bonchev–Trinajstić information content (AvgIpc) is 3.24. The Morgan fingerprint density at radius 1 is 0.857 bits per heavy atom. The molecule has 1 saturated heterocycles. The van der Waals surface area contributed by atoms with Gasteiger partial charge in [0.2, 0.25) is 5.91 Å². The third-order valence-corrected chi connectivity index (χ3v) is 14.5. The van der Waals surface area contributed by atoms with E-state index in [1.54, 1.807) is 38.9 Å². The van der Waals surface area contributed by atoms with Gasteiger partial charge in [-0.1, -0.05) is 84.4 Å². The van der Waals surface area contributed by atoms with Crippen LogP contribution in [-0.4, -0.2) is 107 Å². The molecule has 0 aromatic rings. The van der Waals surface area contributed by atoms with E-state index >= 15 is 0 Å². The van der Waals surface area contributed by atoms with E-state index in [0.717, 1.165) is 50.5 Å². The van der Waals surface area contributed by atoms with Crippen molar-refractivity contribution in [1.82, 2.24) is 4.90 Å². The molecule has 1 unspecified atom stereocenters. The molecule has 2 aliphatic heterocycles. The van der Waals surface area contributed by atoms with Crippen molar-refractivity contribution in [2.45, 2.75) is 194 Å². The molecule has 1 saturated carbocycles. The monoisotopic (exact) mass is 884 g/mol. The maximum absolute atomic E-state index is 14.2. The molecule has 0 spiro atoms. The summed E-state index contributed by atoms with van der Waals surface area (Å²) < 4.78 is 17.8. The molecule has 2 heterocycles. The van der Waals surface area contributed by atoms with E-state index in [2.05, 4.69) is 19.9 Å². The van der Waals surface area contributed by atoms with Gasteiger partial charge in [-0.2, -0.15) is 0 Å². The second-order valence-electron chi connectivity index (χ2n) is 20.2.